The molecule has 4 heteroatoms. The minimum atomic E-state index is 0.587. The lowest BCUT2D eigenvalue weighted by Crippen LogP contribution is -2.48. The predicted molar refractivity (Wildman–Crippen MR) is 74.9 cm³/mol. The highest BCUT2D eigenvalue weighted by Gasteiger charge is 2.36. The molecule has 2 bridgehead atoms. The zero-order chi connectivity index (χ0) is 13.2. The smallest absolute Gasteiger partial charge is 0.128 e. The maximum atomic E-state index is 8.84. The van der Waals surface area contributed by atoms with Crippen LogP contribution < -0.4 is 10.2 Å². The van der Waals surface area contributed by atoms with E-state index in [4.69, 9.17) is 5.26 Å². The van der Waals surface area contributed by atoms with Crippen LogP contribution in [-0.2, 0) is 0 Å². The van der Waals surface area contributed by atoms with Gasteiger partial charge in [0.2, 0.25) is 0 Å². The topological polar surface area (TPSA) is 52.0 Å². The summed E-state index contributed by atoms with van der Waals surface area (Å²) < 4.78 is 0. The van der Waals surface area contributed by atoms with E-state index in [1.807, 2.05) is 12.1 Å². The monoisotopic (exact) mass is 256 g/mol. The number of aromatic nitrogens is 1. The molecule has 0 spiro atoms. The van der Waals surface area contributed by atoms with Gasteiger partial charge < -0.3 is 10.2 Å². The van der Waals surface area contributed by atoms with Crippen LogP contribution in [-0.4, -0.2) is 29.7 Å². The highest BCUT2D eigenvalue weighted by atomic mass is 15.2. The van der Waals surface area contributed by atoms with E-state index in [0.29, 0.717) is 23.7 Å². The normalized spacial score (nSPS) is 28.9. The largest absolute Gasteiger partial charge is 0.354 e. The molecule has 0 saturated carbocycles. The van der Waals surface area contributed by atoms with E-state index in [2.05, 4.69) is 28.2 Å². The Morgan fingerprint density at radius 1 is 1.37 bits per heavy atom. The molecule has 0 amide bonds. The van der Waals surface area contributed by atoms with Gasteiger partial charge in [-0.05, 0) is 44.7 Å². The van der Waals surface area contributed by atoms with Gasteiger partial charge in [-0.2, -0.15) is 5.26 Å². The number of nitriles is 1. The molecule has 2 saturated heterocycles. The van der Waals surface area contributed by atoms with Crippen molar-refractivity contribution in [1.29, 1.82) is 5.26 Å². The highest BCUT2D eigenvalue weighted by molar-refractivity contribution is 5.43. The maximum Gasteiger partial charge on any atom is 0.128 e. The standard InChI is InChI=1S/C15H20N4/c1-2-19(15-6-3-11(9-16)10-17-15)14-7-12-4-5-13(8-14)18-12/h3,6,10,12-14,18H,2,4-5,7-8H2,1H3. The lowest BCUT2D eigenvalue weighted by atomic mass is 9.98. The minimum Gasteiger partial charge on any atom is -0.354 e. The summed E-state index contributed by atoms with van der Waals surface area (Å²) in [6.07, 6.45) is 6.74. The van der Waals surface area contributed by atoms with Gasteiger partial charge >= 0.3 is 0 Å². The summed E-state index contributed by atoms with van der Waals surface area (Å²) in [4.78, 5) is 6.85. The van der Waals surface area contributed by atoms with Crippen LogP contribution in [0.4, 0.5) is 5.82 Å². The molecule has 1 aromatic heterocycles. The second-order valence-corrected chi connectivity index (χ2v) is 5.57. The van der Waals surface area contributed by atoms with Crippen LogP contribution >= 0.6 is 0 Å². The predicted octanol–water partition coefficient (Wildman–Crippen LogP) is 2.06. The Labute approximate surface area is 114 Å². The summed E-state index contributed by atoms with van der Waals surface area (Å²) >= 11 is 0. The third kappa shape index (κ3) is 2.43. The number of hydrogen-bond acceptors (Lipinski definition) is 4. The first kappa shape index (κ1) is 12.4. The number of fused-ring (bicyclic) bond motifs is 2. The number of nitrogens with one attached hydrogen (secondary N) is 1. The van der Waals surface area contributed by atoms with Crippen LogP contribution in [0.5, 0.6) is 0 Å². The van der Waals surface area contributed by atoms with Crippen LogP contribution in [0, 0.1) is 11.3 Å². The highest BCUT2D eigenvalue weighted by Crippen LogP contribution is 2.31. The van der Waals surface area contributed by atoms with E-state index in [9.17, 15) is 0 Å². The Balaban J connectivity index is 1.78. The third-order valence-electron chi connectivity index (χ3n) is 4.40. The van der Waals surface area contributed by atoms with Crippen LogP contribution in [0.2, 0.25) is 0 Å². The minimum absolute atomic E-state index is 0.587. The third-order valence-corrected chi connectivity index (χ3v) is 4.40. The summed E-state index contributed by atoms with van der Waals surface area (Å²) in [5, 5.41) is 12.5. The Bertz CT molecular complexity index is 464. The summed E-state index contributed by atoms with van der Waals surface area (Å²) in [7, 11) is 0. The van der Waals surface area contributed by atoms with E-state index >= 15 is 0 Å². The van der Waals surface area contributed by atoms with Gasteiger partial charge in [0.1, 0.15) is 11.9 Å². The molecule has 2 aliphatic rings. The molecule has 4 nitrogen and oxygen atoms in total. The molecule has 19 heavy (non-hydrogen) atoms. The molecule has 2 atom stereocenters. The van der Waals surface area contributed by atoms with Gasteiger partial charge in [-0.25, -0.2) is 4.98 Å². The second kappa shape index (κ2) is 5.18. The summed E-state index contributed by atoms with van der Waals surface area (Å²) in [5.74, 6) is 1.01. The van der Waals surface area contributed by atoms with E-state index in [0.717, 1.165) is 12.4 Å². The van der Waals surface area contributed by atoms with Gasteiger partial charge in [0, 0.05) is 30.9 Å². The fraction of sp³-hybridized carbons (Fsp3) is 0.600. The first-order valence-electron chi connectivity index (χ1n) is 7.19. The molecule has 1 aromatic rings. The Hall–Kier alpha value is -1.60. The van der Waals surface area contributed by atoms with E-state index in [-0.39, 0.29) is 0 Å². The van der Waals surface area contributed by atoms with Gasteiger partial charge in [-0.15, -0.1) is 0 Å². The zero-order valence-electron chi connectivity index (χ0n) is 11.3. The first-order chi connectivity index (χ1) is 9.30. The number of rotatable bonds is 3. The average Bonchev–Trinajstić information content (AvgIpc) is 2.79. The molecule has 3 rings (SSSR count). The van der Waals surface area contributed by atoms with Crippen molar-refractivity contribution < 1.29 is 0 Å². The quantitative estimate of drug-likeness (QED) is 0.899. The average molecular weight is 256 g/mol. The van der Waals surface area contributed by atoms with Crippen molar-refractivity contribution in [2.75, 3.05) is 11.4 Å². The summed E-state index contributed by atoms with van der Waals surface area (Å²) in [6.45, 7) is 3.16. The molecule has 2 unspecified atom stereocenters. The molecule has 0 aliphatic carbocycles. The molecule has 2 aliphatic heterocycles. The Morgan fingerprint density at radius 2 is 2.11 bits per heavy atom. The van der Waals surface area contributed by atoms with Gasteiger partial charge in [0.05, 0.1) is 5.56 Å². The molecule has 100 valence electrons. The fourth-order valence-corrected chi connectivity index (χ4v) is 3.51. The van der Waals surface area contributed by atoms with Crippen LogP contribution in [0.3, 0.4) is 0 Å². The van der Waals surface area contributed by atoms with Crippen molar-refractivity contribution in [1.82, 2.24) is 10.3 Å². The van der Waals surface area contributed by atoms with Crippen molar-refractivity contribution in [3.8, 4) is 6.07 Å². The first-order valence-corrected chi connectivity index (χ1v) is 7.19. The van der Waals surface area contributed by atoms with Crippen LogP contribution in [0.25, 0.3) is 0 Å². The Kier molecular flexibility index (Phi) is 3.39. The Morgan fingerprint density at radius 3 is 2.63 bits per heavy atom. The van der Waals surface area contributed by atoms with E-state index in [1.165, 1.54) is 25.7 Å². The lowest BCUT2D eigenvalue weighted by molar-refractivity contribution is 0.348. The van der Waals surface area contributed by atoms with Crippen molar-refractivity contribution in [3.05, 3.63) is 23.9 Å². The van der Waals surface area contributed by atoms with E-state index < -0.39 is 0 Å². The number of anilines is 1. The van der Waals surface area contributed by atoms with Gasteiger partial charge in [-0.3, -0.25) is 0 Å². The molecule has 1 N–H and O–H groups in total. The van der Waals surface area contributed by atoms with Crippen molar-refractivity contribution in [2.45, 2.75) is 50.7 Å². The summed E-state index contributed by atoms with van der Waals surface area (Å²) in [5.41, 5.74) is 0.630. The van der Waals surface area contributed by atoms with Crippen LogP contribution in [0.15, 0.2) is 18.3 Å². The van der Waals surface area contributed by atoms with Crippen molar-refractivity contribution in [2.24, 2.45) is 0 Å². The maximum absolute atomic E-state index is 8.84. The summed E-state index contributed by atoms with van der Waals surface area (Å²) in [6, 6.07) is 7.93. The second-order valence-electron chi connectivity index (χ2n) is 5.57. The van der Waals surface area contributed by atoms with Crippen molar-refractivity contribution in [3.63, 3.8) is 0 Å². The van der Waals surface area contributed by atoms with E-state index in [1.54, 1.807) is 6.20 Å². The van der Waals surface area contributed by atoms with Gasteiger partial charge in [0.25, 0.3) is 0 Å². The molecule has 0 aromatic carbocycles. The van der Waals surface area contributed by atoms with Crippen LogP contribution in [0.1, 0.15) is 38.2 Å². The number of nitrogens with zero attached hydrogens (tertiary/aromatic N) is 3. The van der Waals surface area contributed by atoms with Gasteiger partial charge in [-0.1, -0.05) is 0 Å². The molecular formula is C15H20N4. The van der Waals surface area contributed by atoms with Gasteiger partial charge in [0.15, 0.2) is 0 Å². The fourth-order valence-electron chi connectivity index (χ4n) is 3.51. The molecule has 3 heterocycles. The molecular weight excluding hydrogens is 236 g/mol. The zero-order valence-corrected chi connectivity index (χ0v) is 11.3. The number of pyridine rings is 1. The number of hydrogen-bond donors (Lipinski definition) is 1. The molecule has 0 radical (unpaired) electrons. The SMILES string of the molecule is CCN(c1ccc(C#N)cn1)C1CC2CCC(C1)N2. The number of piperidine rings is 1. The lowest BCUT2D eigenvalue weighted by Gasteiger charge is -2.38. The van der Waals surface area contributed by atoms with Crippen molar-refractivity contribution >= 4 is 5.82 Å². The molecule has 2 fully saturated rings.